The van der Waals surface area contributed by atoms with Gasteiger partial charge in [0.25, 0.3) is 0 Å². The maximum atomic E-state index is 10.5. The number of hydrogen-bond acceptors (Lipinski definition) is 5. The fourth-order valence-electron chi connectivity index (χ4n) is 5.05. The van der Waals surface area contributed by atoms with E-state index in [0.717, 1.165) is 50.5 Å². The smallest absolute Gasteiger partial charge is 0.142 e. The van der Waals surface area contributed by atoms with Crippen LogP contribution in [0.1, 0.15) is 40.0 Å². The number of nitrogens with zero attached hydrogens (tertiary/aromatic N) is 2. The number of ether oxygens (including phenoxy) is 2. The molecule has 1 heterocycles. The molecule has 158 valence electrons. The van der Waals surface area contributed by atoms with Crippen LogP contribution in [0, 0.1) is 11.3 Å². The van der Waals surface area contributed by atoms with E-state index in [2.05, 4.69) is 42.7 Å². The van der Waals surface area contributed by atoms with E-state index in [1.165, 1.54) is 6.42 Å². The molecular formula is C23H38N2O3. The van der Waals surface area contributed by atoms with Gasteiger partial charge in [0.1, 0.15) is 5.75 Å². The predicted octanol–water partition coefficient (Wildman–Crippen LogP) is 3.41. The minimum absolute atomic E-state index is 0.288. The van der Waals surface area contributed by atoms with Crippen molar-refractivity contribution in [3.63, 3.8) is 0 Å². The number of aliphatic hydroxyl groups is 1. The number of piperazine rings is 1. The molecule has 1 saturated heterocycles. The van der Waals surface area contributed by atoms with E-state index in [9.17, 15) is 5.11 Å². The molecule has 0 spiro atoms. The number of hydrogen-bond donors (Lipinski definition) is 1. The Morgan fingerprint density at radius 2 is 1.86 bits per heavy atom. The summed E-state index contributed by atoms with van der Waals surface area (Å²) < 4.78 is 11.6. The van der Waals surface area contributed by atoms with E-state index in [1.54, 1.807) is 7.11 Å². The number of anilines is 1. The zero-order valence-electron chi connectivity index (χ0n) is 18.1. The van der Waals surface area contributed by atoms with Crippen molar-refractivity contribution < 1.29 is 14.6 Å². The van der Waals surface area contributed by atoms with Gasteiger partial charge in [-0.15, -0.1) is 0 Å². The third-order valence-electron chi connectivity index (χ3n) is 6.14. The lowest BCUT2D eigenvalue weighted by Gasteiger charge is -2.39. The van der Waals surface area contributed by atoms with E-state index in [4.69, 9.17) is 9.47 Å². The quantitative estimate of drug-likeness (QED) is 0.773. The van der Waals surface area contributed by atoms with Crippen LogP contribution in [-0.4, -0.2) is 68.7 Å². The summed E-state index contributed by atoms with van der Waals surface area (Å²) >= 11 is 0. The molecule has 5 heteroatoms. The number of para-hydroxylation sites is 2. The second kappa shape index (κ2) is 9.47. The van der Waals surface area contributed by atoms with Gasteiger partial charge in [0.15, 0.2) is 0 Å². The van der Waals surface area contributed by atoms with E-state index < -0.39 is 6.10 Å². The highest BCUT2D eigenvalue weighted by Gasteiger charge is 2.33. The van der Waals surface area contributed by atoms with E-state index >= 15 is 0 Å². The van der Waals surface area contributed by atoms with Crippen molar-refractivity contribution in [2.24, 2.45) is 11.3 Å². The highest BCUT2D eigenvalue weighted by atomic mass is 16.5. The Morgan fingerprint density at radius 3 is 2.54 bits per heavy atom. The average Bonchev–Trinajstić information content (AvgIpc) is 2.65. The molecule has 3 atom stereocenters. The van der Waals surface area contributed by atoms with Gasteiger partial charge in [-0.3, -0.25) is 4.90 Å². The Hall–Kier alpha value is -1.30. The Bertz CT molecular complexity index is 614. The van der Waals surface area contributed by atoms with Crippen molar-refractivity contribution in [3.8, 4) is 5.75 Å². The summed E-state index contributed by atoms with van der Waals surface area (Å²) in [5, 5.41) is 10.5. The summed E-state index contributed by atoms with van der Waals surface area (Å²) in [4.78, 5) is 4.71. The summed E-state index contributed by atoms with van der Waals surface area (Å²) in [7, 11) is 1.72. The molecule has 2 fully saturated rings. The van der Waals surface area contributed by atoms with Crippen LogP contribution in [0.25, 0.3) is 0 Å². The number of methoxy groups -OCH3 is 1. The number of β-amino-alcohol motifs (C(OH)–C–C–N with tert-alkyl or cyclic N) is 1. The van der Waals surface area contributed by atoms with Gasteiger partial charge in [0.2, 0.25) is 0 Å². The van der Waals surface area contributed by atoms with Gasteiger partial charge in [-0.1, -0.05) is 32.9 Å². The molecule has 0 radical (unpaired) electrons. The lowest BCUT2D eigenvalue weighted by molar-refractivity contribution is -0.0615. The van der Waals surface area contributed by atoms with Crippen molar-refractivity contribution in [2.75, 3.05) is 51.3 Å². The molecule has 1 N–H and O–H groups in total. The van der Waals surface area contributed by atoms with Gasteiger partial charge in [-0.25, -0.2) is 0 Å². The summed E-state index contributed by atoms with van der Waals surface area (Å²) in [6.45, 7) is 11.9. The zero-order chi connectivity index (χ0) is 20.1. The molecule has 1 aliphatic carbocycles. The van der Waals surface area contributed by atoms with Gasteiger partial charge < -0.3 is 19.5 Å². The first kappa shape index (κ1) is 21.4. The molecule has 1 aromatic carbocycles. The molecule has 28 heavy (non-hydrogen) atoms. The summed E-state index contributed by atoms with van der Waals surface area (Å²) in [6.07, 6.45) is 3.36. The standard InChI is InChI=1S/C23H38N2O3/c1-18-13-20(15-23(2,3)14-18)28-17-19(26)16-24-9-11-25(12-10-24)21-7-5-6-8-22(21)27-4/h5-8,18-20,26H,9-17H2,1-4H3/t18-,19-,20-/m0/s1. The van der Waals surface area contributed by atoms with Gasteiger partial charge in [-0.2, -0.15) is 0 Å². The lowest BCUT2D eigenvalue weighted by atomic mass is 9.71. The Kier molecular flexibility index (Phi) is 7.24. The third kappa shape index (κ3) is 5.85. The highest BCUT2D eigenvalue weighted by molar-refractivity contribution is 5.58. The first-order valence-corrected chi connectivity index (χ1v) is 10.8. The molecule has 0 aromatic heterocycles. The summed E-state index contributed by atoms with van der Waals surface area (Å²) in [6, 6.07) is 8.18. The van der Waals surface area contributed by atoms with E-state index in [-0.39, 0.29) is 6.10 Å². The Balaban J connectivity index is 1.41. The fraction of sp³-hybridized carbons (Fsp3) is 0.739. The van der Waals surface area contributed by atoms with Crippen molar-refractivity contribution >= 4 is 5.69 Å². The second-order valence-electron chi connectivity index (χ2n) is 9.48. The number of rotatable bonds is 7. The van der Waals surface area contributed by atoms with Crippen LogP contribution in [0.3, 0.4) is 0 Å². The van der Waals surface area contributed by atoms with Gasteiger partial charge in [-0.05, 0) is 42.7 Å². The predicted molar refractivity (Wildman–Crippen MR) is 114 cm³/mol. The van der Waals surface area contributed by atoms with E-state index in [1.807, 2.05) is 12.1 Å². The molecule has 5 nitrogen and oxygen atoms in total. The third-order valence-corrected chi connectivity index (χ3v) is 6.14. The Labute approximate surface area is 170 Å². The van der Waals surface area contributed by atoms with E-state index in [0.29, 0.717) is 24.5 Å². The maximum Gasteiger partial charge on any atom is 0.142 e. The van der Waals surface area contributed by atoms with Gasteiger partial charge in [0.05, 0.1) is 31.6 Å². The Morgan fingerprint density at radius 1 is 1.14 bits per heavy atom. The van der Waals surface area contributed by atoms with Crippen molar-refractivity contribution in [3.05, 3.63) is 24.3 Å². The number of aliphatic hydroxyl groups excluding tert-OH is 1. The molecule has 2 aliphatic rings. The minimum Gasteiger partial charge on any atom is -0.495 e. The minimum atomic E-state index is -0.418. The van der Waals surface area contributed by atoms with Gasteiger partial charge >= 0.3 is 0 Å². The van der Waals surface area contributed by atoms with Crippen LogP contribution in [0.4, 0.5) is 5.69 Å². The highest BCUT2D eigenvalue weighted by Crippen LogP contribution is 2.39. The molecule has 3 rings (SSSR count). The van der Waals surface area contributed by atoms with Crippen LogP contribution in [0.5, 0.6) is 5.75 Å². The number of benzene rings is 1. The lowest BCUT2D eigenvalue weighted by Crippen LogP contribution is -2.49. The molecule has 0 amide bonds. The molecule has 1 saturated carbocycles. The van der Waals surface area contributed by atoms with Gasteiger partial charge in [0, 0.05) is 32.7 Å². The van der Waals surface area contributed by atoms with Crippen LogP contribution < -0.4 is 9.64 Å². The molecular weight excluding hydrogens is 352 g/mol. The summed E-state index contributed by atoms with van der Waals surface area (Å²) in [5.41, 5.74) is 1.50. The topological polar surface area (TPSA) is 45.2 Å². The molecule has 1 aliphatic heterocycles. The maximum absolute atomic E-state index is 10.5. The zero-order valence-corrected chi connectivity index (χ0v) is 18.1. The molecule has 1 aromatic rings. The largest absolute Gasteiger partial charge is 0.495 e. The van der Waals surface area contributed by atoms with Crippen molar-refractivity contribution in [1.29, 1.82) is 0 Å². The molecule has 0 unspecified atom stereocenters. The second-order valence-corrected chi connectivity index (χ2v) is 9.48. The molecule has 0 bridgehead atoms. The average molecular weight is 391 g/mol. The van der Waals surface area contributed by atoms with Crippen LogP contribution >= 0.6 is 0 Å². The first-order chi connectivity index (χ1) is 13.4. The monoisotopic (exact) mass is 390 g/mol. The normalized spacial score (nSPS) is 26.8. The summed E-state index contributed by atoms with van der Waals surface area (Å²) in [5.74, 6) is 1.63. The fourth-order valence-corrected chi connectivity index (χ4v) is 5.05. The first-order valence-electron chi connectivity index (χ1n) is 10.8. The van der Waals surface area contributed by atoms with Crippen molar-refractivity contribution in [1.82, 2.24) is 4.90 Å². The van der Waals surface area contributed by atoms with Crippen LogP contribution in [0.15, 0.2) is 24.3 Å². The van der Waals surface area contributed by atoms with Crippen LogP contribution in [0.2, 0.25) is 0 Å². The SMILES string of the molecule is COc1ccccc1N1CCN(C[C@H](O)CO[C@H]2C[C@H](C)CC(C)(C)C2)CC1. The van der Waals surface area contributed by atoms with Crippen molar-refractivity contribution in [2.45, 2.75) is 52.2 Å². The van der Waals surface area contributed by atoms with Crippen LogP contribution in [-0.2, 0) is 4.74 Å².